The van der Waals surface area contributed by atoms with E-state index in [0.29, 0.717) is 48.1 Å². The van der Waals surface area contributed by atoms with Gasteiger partial charge >= 0.3 is 5.97 Å². The Morgan fingerprint density at radius 3 is 2.63 bits per heavy atom. The number of hydrogen-bond acceptors (Lipinski definition) is 7. The van der Waals surface area contributed by atoms with E-state index in [4.69, 9.17) is 9.15 Å². The Morgan fingerprint density at radius 1 is 1.13 bits per heavy atom. The minimum Gasteiger partial charge on any atom is -0.465 e. The van der Waals surface area contributed by atoms with Crippen LogP contribution in [-0.4, -0.2) is 67.4 Å². The molecule has 156 valence electrons. The fourth-order valence-corrected chi connectivity index (χ4v) is 4.17. The Hall–Kier alpha value is -3.17. The highest BCUT2D eigenvalue weighted by Crippen LogP contribution is 2.23. The second-order valence-electron chi connectivity index (χ2n) is 6.92. The molecule has 0 aliphatic carbocycles. The maximum absolute atomic E-state index is 12.7. The molecule has 1 fully saturated rings. The van der Waals surface area contributed by atoms with Crippen LogP contribution >= 0.6 is 11.3 Å². The average Bonchev–Trinajstić information content (AvgIpc) is 3.40. The Balaban J connectivity index is 1.30. The molecule has 8 nitrogen and oxygen atoms in total. The maximum Gasteiger partial charge on any atom is 0.350 e. The lowest BCUT2D eigenvalue weighted by atomic mass is 10.2. The van der Waals surface area contributed by atoms with E-state index in [2.05, 4.69) is 5.32 Å². The molecule has 1 aromatic carbocycles. The minimum absolute atomic E-state index is 0.142. The summed E-state index contributed by atoms with van der Waals surface area (Å²) >= 11 is 1.22. The summed E-state index contributed by atoms with van der Waals surface area (Å²) in [5.74, 6) is -0.500. The topological polar surface area (TPSA) is 92.1 Å². The second-order valence-corrected chi connectivity index (χ2v) is 7.84. The fourth-order valence-electron chi connectivity index (χ4n) is 3.40. The first-order chi connectivity index (χ1) is 14.5. The van der Waals surface area contributed by atoms with E-state index in [-0.39, 0.29) is 18.4 Å². The van der Waals surface area contributed by atoms with E-state index in [1.165, 1.54) is 18.4 Å². The Bertz CT molecular complexity index is 1050. The van der Waals surface area contributed by atoms with Crippen LogP contribution < -0.4 is 5.32 Å². The highest BCUT2D eigenvalue weighted by molar-refractivity contribution is 7.12. The molecule has 0 atom stereocenters. The number of piperazine rings is 1. The Labute approximate surface area is 177 Å². The predicted octanol–water partition coefficient (Wildman–Crippen LogP) is 2.68. The lowest BCUT2D eigenvalue weighted by Crippen LogP contribution is -2.50. The van der Waals surface area contributed by atoms with Gasteiger partial charge in [0.05, 0.1) is 19.3 Å². The van der Waals surface area contributed by atoms with Gasteiger partial charge in [-0.15, -0.1) is 11.3 Å². The summed E-state index contributed by atoms with van der Waals surface area (Å²) in [7, 11) is 1.31. The van der Waals surface area contributed by atoms with Crippen LogP contribution in [0.15, 0.2) is 46.2 Å². The molecule has 4 rings (SSSR count). The van der Waals surface area contributed by atoms with E-state index >= 15 is 0 Å². The molecule has 30 heavy (non-hydrogen) atoms. The summed E-state index contributed by atoms with van der Waals surface area (Å²) in [6.45, 7) is 2.35. The van der Waals surface area contributed by atoms with Gasteiger partial charge < -0.3 is 19.4 Å². The Kier molecular flexibility index (Phi) is 5.82. The Morgan fingerprint density at radius 2 is 1.90 bits per heavy atom. The van der Waals surface area contributed by atoms with Crippen LogP contribution in [0.2, 0.25) is 0 Å². The summed E-state index contributed by atoms with van der Waals surface area (Å²) in [5, 5.41) is 5.39. The fraction of sp³-hybridized carbons (Fsp3) is 0.286. The number of thiophene rings is 1. The standard InChI is InChI=1S/C21H21N3O5S/c1-28-21(27)19-15(6-11-30-19)22-18(25)13-23-7-9-24(10-8-23)20(26)17-12-14-4-2-3-5-16(14)29-17/h2-6,11-12H,7-10,13H2,1H3,(H,22,25). The zero-order valence-corrected chi connectivity index (χ0v) is 17.2. The van der Waals surface area contributed by atoms with E-state index in [9.17, 15) is 14.4 Å². The van der Waals surface area contributed by atoms with Gasteiger partial charge in [-0.3, -0.25) is 14.5 Å². The van der Waals surface area contributed by atoms with Gasteiger partial charge in [0.25, 0.3) is 5.91 Å². The molecule has 2 amide bonds. The van der Waals surface area contributed by atoms with E-state index in [0.717, 1.165) is 5.39 Å². The first-order valence-electron chi connectivity index (χ1n) is 9.51. The molecule has 1 saturated heterocycles. The summed E-state index contributed by atoms with van der Waals surface area (Å²) in [6, 6.07) is 11.0. The quantitative estimate of drug-likeness (QED) is 0.630. The molecule has 1 aliphatic rings. The predicted molar refractivity (Wildman–Crippen MR) is 113 cm³/mol. The van der Waals surface area contributed by atoms with Gasteiger partial charge in [0.2, 0.25) is 5.91 Å². The third-order valence-electron chi connectivity index (χ3n) is 4.97. The largest absolute Gasteiger partial charge is 0.465 e. The van der Waals surface area contributed by atoms with Crippen molar-refractivity contribution in [1.82, 2.24) is 9.80 Å². The summed E-state index contributed by atoms with van der Waals surface area (Å²) in [4.78, 5) is 40.9. The molecule has 1 aliphatic heterocycles. The minimum atomic E-state index is -0.474. The van der Waals surface area contributed by atoms with Crippen molar-refractivity contribution in [3.8, 4) is 0 Å². The van der Waals surface area contributed by atoms with E-state index in [1.807, 2.05) is 29.2 Å². The van der Waals surface area contributed by atoms with Crippen LogP contribution in [0.4, 0.5) is 5.69 Å². The molecule has 0 unspecified atom stereocenters. The molecule has 9 heteroatoms. The van der Waals surface area contributed by atoms with Crippen molar-refractivity contribution >= 4 is 45.8 Å². The second kappa shape index (κ2) is 8.68. The van der Waals surface area contributed by atoms with Crippen molar-refractivity contribution in [2.24, 2.45) is 0 Å². The van der Waals surface area contributed by atoms with Gasteiger partial charge in [-0.25, -0.2) is 4.79 Å². The number of carbonyl (C=O) groups excluding carboxylic acids is 3. The van der Waals surface area contributed by atoms with Gasteiger partial charge in [-0.1, -0.05) is 18.2 Å². The molecule has 3 aromatic rings. The number of ether oxygens (including phenoxy) is 1. The molecule has 0 radical (unpaired) electrons. The van der Waals surface area contributed by atoms with Crippen molar-refractivity contribution in [2.45, 2.75) is 0 Å². The van der Waals surface area contributed by atoms with Crippen LogP contribution in [-0.2, 0) is 9.53 Å². The third-order valence-corrected chi connectivity index (χ3v) is 5.87. The highest BCUT2D eigenvalue weighted by Gasteiger charge is 2.26. The van der Waals surface area contributed by atoms with Gasteiger partial charge in [-0.2, -0.15) is 0 Å². The first-order valence-corrected chi connectivity index (χ1v) is 10.4. The van der Waals surface area contributed by atoms with Crippen LogP contribution in [0.3, 0.4) is 0 Å². The van der Waals surface area contributed by atoms with E-state index in [1.54, 1.807) is 22.4 Å². The number of para-hydroxylation sites is 1. The maximum atomic E-state index is 12.7. The zero-order chi connectivity index (χ0) is 21.1. The number of furan rings is 1. The number of nitrogens with one attached hydrogen (secondary N) is 1. The highest BCUT2D eigenvalue weighted by atomic mass is 32.1. The monoisotopic (exact) mass is 427 g/mol. The molecule has 2 aromatic heterocycles. The number of rotatable bonds is 5. The molecule has 0 saturated carbocycles. The first kappa shape index (κ1) is 20.1. The number of amides is 2. The molecule has 0 bridgehead atoms. The number of benzene rings is 1. The number of hydrogen-bond donors (Lipinski definition) is 1. The number of fused-ring (bicyclic) bond motifs is 1. The van der Waals surface area contributed by atoms with E-state index < -0.39 is 5.97 Å². The molecule has 3 heterocycles. The molecular formula is C21H21N3O5S. The van der Waals surface area contributed by atoms with Gasteiger partial charge in [0.15, 0.2) is 5.76 Å². The smallest absolute Gasteiger partial charge is 0.350 e. The summed E-state index contributed by atoms with van der Waals surface area (Å²) in [5.41, 5.74) is 1.14. The number of methoxy groups -OCH3 is 1. The van der Waals surface area contributed by atoms with Crippen molar-refractivity contribution in [1.29, 1.82) is 0 Å². The van der Waals surface area contributed by atoms with Crippen molar-refractivity contribution in [3.63, 3.8) is 0 Å². The normalized spacial score (nSPS) is 14.6. The SMILES string of the molecule is COC(=O)c1sccc1NC(=O)CN1CCN(C(=O)c2cc3ccccc3o2)CC1. The zero-order valence-electron chi connectivity index (χ0n) is 16.4. The van der Waals surface area contributed by atoms with Crippen molar-refractivity contribution in [2.75, 3.05) is 45.2 Å². The van der Waals surface area contributed by atoms with Crippen LogP contribution in [0.25, 0.3) is 11.0 Å². The summed E-state index contributed by atoms with van der Waals surface area (Å²) in [6.07, 6.45) is 0. The van der Waals surface area contributed by atoms with Gasteiger partial charge in [0.1, 0.15) is 10.5 Å². The van der Waals surface area contributed by atoms with Gasteiger partial charge in [0, 0.05) is 31.6 Å². The average molecular weight is 427 g/mol. The third kappa shape index (κ3) is 4.22. The number of anilines is 1. The molecular weight excluding hydrogens is 406 g/mol. The van der Waals surface area contributed by atoms with Crippen molar-refractivity contribution < 1.29 is 23.5 Å². The summed E-state index contributed by atoms with van der Waals surface area (Å²) < 4.78 is 10.4. The number of nitrogens with zero attached hydrogens (tertiary/aromatic N) is 2. The number of esters is 1. The van der Waals surface area contributed by atoms with Crippen LogP contribution in [0.5, 0.6) is 0 Å². The lowest BCUT2D eigenvalue weighted by Gasteiger charge is -2.33. The van der Waals surface area contributed by atoms with Crippen LogP contribution in [0, 0.1) is 0 Å². The molecule has 0 spiro atoms. The van der Waals surface area contributed by atoms with Gasteiger partial charge in [-0.05, 0) is 23.6 Å². The molecule has 1 N–H and O–H groups in total. The number of carbonyl (C=O) groups is 3. The lowest BCUT2D eigenvalue weighted by molar-refractivity contribution is -0.117. The van der Waals surface area contributed by atoms with Crippen molar-refractivity contribution in [3.05, 3.63) is 52.4 Å². The van der Waals surface area contributed by atoms with Crippen LogP contribution in [0.1, 0.15) is 20.2 Å².